The fourth-order valence-corrected chi connectivity index (χ4v) is 7.04. The maximum Gasteiger partial charge on any atom is 0.303 e. The quantitative estimate of drug-likeness (QED) is 0.0639. The SMILES string of the molecule is CCCC[C@H](NC(=O)[C@H](CC(C)C)NC(=O)[C@@H](NC(=O)[C@H](Cc1ccccc1C)NC(=O)[C@H](CCC(=O)O)NC(=O)[C@H]1CCCN1C(=O)CCC(=O)O)C(C)(C)C)C(=O)C(N)=O. The molecule has 9 N–H and O–H groups in total. The highest BCUT2D eigenvalue weighted by molar-refractivity contribution is 6.37. The molecule has 2 rings (SSSR count). The first kappa shape index (κ1) is 52.3. The molecule has 0 bridgehead atoms. The van der Waals surface area contributed by atoms with Crippen LogP contribution in [0.25, 0.3) is 0 Å². The van der Waals surface area contributed by atoms with Crippen LogP contribution in [0.4, 0.5) is 0 Å². The average molecular weight is 872 g/mol. The number of aliphatic carboxylic acids is 2. The molecule has 6 atom stereocenters. The molecule has 62 heavy (non-hydrogen) atoms. The van der Waals surface area contributed by atoms with Gasteiger partial charge in [0, 0.05) is 25.8 Å². The molecule has 1 aliphatic heterocycles. The van der Waals surface area contributed by atoms with E-state index in [2.05, 4.69) is 26.6 Å². The van der Waals surface area contributed by atoms with Gasteiger partial charge < -0.3 is 47.4 Å². The largest absolute Gasteiger partial charge is 0.481 e. The van der Waals surface area contributed by atoms with E-state index in [0.29, 0.717) is 24.8 Å². The summed E-state index contributed by atoms with van der Waals surface area (Å²) in [5, 5.41) is 31.7. The third kappa shape index (κ3) is 16.9. The normalized spacial score (nSPS) is 16.2. The van der Waals surface area contributed by atoms with Crippen molar-refractivity contribution in [2.45, 2.75) is 155 Å². The number of carboxylic acid groups (broad SMARTS) is 2. The van der Waals surface area contributed by atoms with Crippen LogP contribution in [-0.4, -0.2) is 117 Å². The number of carboxylic acids is 2. The summed E-state index contributed by atoms with van der Waals surface area (Å²) >= 11 is 0. The van der Waals surface area contributed by atoms with Gasteiger partial charge in [-0.25, -0.2) is 0 Å². The van der Waals surface area contributed by atoms with E-state index in [1.807, 2.05) is 20.8 Å². The topological polar surface area (TPSA) is 301 Å². The Morgan fingerprint density at radius 3 is 1.90 bits per heavy atom. The second-order valence-corrected chi connectivity index (χ2v) is 17.3. The summed E-state index contributed by atoms with van der Waals surface area (Å²) in [7, 11) is 0. The highest BCUT2D eigenvalue weighted by atomic mass is 16.4. The van der Waals surface area contributed by atoms with Gasteiger partial charge in [-0.05, 0) is 61.5 Å². The van der Waals surface area contributed by atoms with Crippen LogP contribution in [0.3, 0.4) is 0 Å². The fraction of sp³-hybridized carbons (Fsp3) is 0.628. The van der Waals surface area contributed by atoms with Crippen molar-refractivity contribution in [1.29, 1.82) is 0 Å². The monoisotopic (exact) mass is 871 g/mol. The molecule has 0 radical (unpaired) electrons. The molecule has 344 valence electrons. The number of nitrogens with one attached hydrogen (secondary N) is 5. The Labute approximate surface area is 362 Å². The zero-order chi connectivity index (χ0) is 46.9. The molecule has 1 aromatic rings. The van der Waals surface area contributed by atoms with Crippen LogP contribution in [0.2, 0.25) is 0 Å². The molecule has 1 aromatic carbocycles. The van der Waals surface area contributed by atoms with Crippen molar-refractivity contribution >= 4 is 59.1 Å². The molecule has 0 unspecified atom stereocenters. The van der Waals surface area contributed by atoms with Gasteiger partial charge in [-0.15, -0.1) is 0 Å². The van der Waals surface area contributed by atoms with Crippen LogP contribution >= 0.6 is 0 Å². The number of unbranched alkanes of at least 4 members (excludes halogenated alkanes) is 1. The van der Waals surface area contributed by atoms with Gasteiger partial charge in [0.05, 0.1) is 12.5 Å². The average Bonchev–Trinajstić information content (AvgIpc) is 3.68. The molecule has 19 nitrogen and oxygen atoms in total. The first-order chi connectivity index (χ1) is 29.0. The summed E-state index contributed by atoms with van der Waals surface area (Å²) in [5.74, 6) is -9.31. The maximum atomic E-state index is 14.4. The van der Waals surface area contributed by atoms with Gasteiger partial charge in [0.1, 0.15) is 30.2 Å². The molecule has 0 saturated carbocycles. The van der Waals surface area contributed by atoms with Gasteiger partial charge >= 0.3 is 11.9 Å². The van der Waals surface area contributed by atoms with Gasteiger partial charge in [0.15, 0.2) is 0 Å². The summed E-state index contributed by atoms with van der Waals surface area (Å²) in [4.78, 5) is 131. The number of carbonyl (C=O) groups excluding carboxylic acids is 8. The molecule has 1 saturated heterocycles. The van der Waals surface area contributed by atoms with Gasteiger partial charge in [-0.1, -0.05) is 78.6 Å². The number of Topliss-reactive ketones (excluding diaryl/α,β-unsaturated/α-hetero) is 1. The van der Waals surface area contributed by atoms with Crippen LogP contribution in [0.5, 0.6) is 0 Å². The highest BCUT2D eigenvalue weighted by Gasteiger charge is 2.40. The molecule has 1 heterocycles. The first-order valence-electron chi connectivity index (χ1n) is 21.1. The maximum absolute atomic E-state index is 14.4. The van der Waals surface area contributed by atoms with E-state index in [0.717, 1.165) is 5.56 Å². The van der Waals surface area contributed by atoms with Crippen molar-refractivity contribution in [3.8, 4) is 0 Å². The van der Waals surface area contributed by atoms with Crippen molar-refractivity contribution in [2.24, 2.45) is 17.1 Å². The zero-order valence-corrected chi connectivity index (χ0v) is 36.8. The van der Waals surface area contributed by atoms with Gasteiger partial charge in [0.25, 0.3) is 5.91 Å². The van der Waals surface area contributed by atoms with E-state index in [4.69, 9.17) is 10.8 Å². The lowest BCUT2D eigenvalue weighted by Gasteiger charge is -2.34. The summed E-state index contributed by atoms with van der Waals surface area (Å²) in [6, 6.07) is -0.586. The molecule has 0 aliphatic carbocycles. The number of rotatable bonds is 25. The van der Waals surface area contributed by atoms with Crippen molar-refractivity contribution in [1.82, 2.24) is 31.5 Å². The van der Waals surface area contributed by atoms with E-state index in [-0.39, 0.29) is 51.0 Å². The molecular weight excluding hydrogens is 807 g/mol. The number of aryl methyl sites for hydroxylation is 1. The number of nitrogens with two attached hydrogens (primary N) is 1. The molecular formula is C43H65N7O12. The van der Waals surface area contributed by atoms with Gasteiger partial charge in [-0.2, -0.15) is 0 Å². The van der Waals surface area contributed by atoms with Crippen molar-refractivity contribution in [3.05, 3.63) is 35.4 Å². The predicted octanol–water partition coefficient (Wildman–Crippen LogP) is 1.02. The Hall–Kier alpha value is -5.88. The Kier molecular flexibility index (Phi) is 20.7. The minimum Gasteiger partial charge on any atom is -0.481 e. The summed E-state index contributed by atoms with van der Waals surface area (Å²) in [6.45, 7) is 12.5. The second kappa shape index (κ2) is 24.5. The minimum absolute atomic E-state index is 0.0950. The lowest BCUT2D eigenvalue weighted by molar-refractivity contribution is -0.143. The van der Waals surface area contributed by atoms with Crippen LogP contribution in [0.1, 0.15) is 117 Å². The van der Waals surface area contributed by atoms with Gasteiger partial charge in [-0.3, -0.25) is 47.9 Å². The van der Waals surface area contributed by atoms with Crippen LogP contribution in [0, 0.1) is 18.3 Å². The predicted molar refractivity (Wildman–Crippen MR) is 226 cm³/mol. The Bertz CT molecular complexity index is 1810. The van der Waals surface area contributed by atoms with E-state index in [1.165, 1.54) is 4.90 Å². The highest BCUT2D eigenvalue weighted by Crippen LogP contribution is 2.22. The smallest absolute Gasteiger partial charge is 0.303 e. The summed E-state index contributed by atoms with van der Waals surface area (Å²) in [5.41, 5.74) is 5.67. The number of hydrogen-bond acceptors (Lipinski definition) is 10. The standard InChI is InChI=1S/C43H65N7O12/c1-8-9-15-27(35(56)37(44)57)45-39(59)29(22-24(2)3)48-42(62)36(43(5,6)7)49-40(60)30(23-26-14-11-10-13-25(26)4)47-38(58)28(17-19-33(52)53)46-41(61)31-16-12-21-50(31)32(51)18-20-34(54)55/h10-11,13-14,24,27-31,36H,8-9,12,15-23H2,1-7H3,(H2,44,57)(H,45,59)(H,46,61)(H,47,58)(H,48,62)(H,49,60)(H,52,53)(H,54,55)/t27-,28-,29-,30-,31+,36+/m0/s1. The molecule has 0 spiro atoms. The van der Waals surface area contributed by atoms with Crippen molar-refractivity contribution < 1.29 is 58.2 Å². The molecule has 1 aliphatic rings. The third-order valence-corrected chi connectivity index (χ3v) is 10.5. The second-order valence-electron chi connectivity index (χ2n) is 17.3. The Morgan fingerprint density at radius 1 is 0.758 bits per heavy atom. The van der Waals surface area contributed by atoms with E-state index in [9.17, 15) is 53.1 Å². The number of amides is 7. The Balaban J connectivity index is 2.45. The number of ketones is 1. The lowest BCUT2D eigenvalue weighted by Crippen LogP contribution is -2.62. The zero-order valence-electron chi connectivity index (χ0n) is 36.8. The molecule has 7 amide bonds. The van der Waals surface area contributed by atoms with Crippen LogP contribution in [-0.2, 0) is 54.4 Å². The number of hydrogen-bond donors (Lipinski definition) is 8. The van der Waals surface area contributed by atoms with Crippen LogP contribution in [0.15, 0.2) is 24.3 Å². The summed E-state index contributed by atoms with van der Waals surface area (Å²) in [6.07, 6.45) is 0.284. The first-order valence-corrected chi connectivity index (χ1v) is 21.1. The molecule has 1 fully saturated rings. The lowest BCUT2D eigenvalue weighted by atomic mass is 9.85. The Morgan fingerprint density at radius 2 is 1.34 bits per heavy atom. The third-order valence-electron chi connectivity index (χ3n) is 10.5. The fourth-order valence-electron chi connectivity index (χ4n) is 7.04. The number of benzene rings is 1. The number of primary amides is 1. The summed E-state index contributed by atoms with van der Waals surface area (Å²) < 4.78 is 0. The van der Waals surface area contributed by atoms with E-state index in [1.54, 1.807) is 52.0 Å². The molecule has 0 aromatic heterocycles. The number of likely N-dealkylation sites (tertiary alicyclic amines) is 1. The van der Waals surface area contributed by atoms with Crippen LogP contribution < -0.4 is 32.3 Å². The number of carbonyl (C=O) groups is 10. The number of nitrogens with zero attached hydrogens (tertiary/aromatic N) is 1. The van der Waals surface area contributed by atoms with Gasteiger partial charge in [0.2, 0.25) is 41.2 Å². The van der Waals surface area contributed by atoms with E-state index >= 15 is 0 Å². The minimum atomic E-state index is -1.48. The molecule has 19 heteroatoms. The van der Waals surface area contributed by atoms with E-state index < -0.39 is 114 Å². The van der Waals surface area contributed by atoms with Crippen molar-refractivity contribution in [2.75, 3.05) is 6.54 Å². The van der Waals surface area contributed by atoms with Crippen molar-refractivity contribution in [3.63, 3.8) is 0 Å².